The van der Waals surface area contributed by atoms with Gasteiger partial charge in [0.1, 0.15) is 18.4 Å². The van der Waals surface area contributed by atoms with E-state index < -0.39 is 32.1 Å². The zero-order valence-corrected chi connectivity index (χ0v) is 16.6. The van der Waals surface area contributed by atoms with Crippen molar-refractivity contribution in [2.75, 3.05) is 14.1 Å². The van der Waals surface area contributed by atoms with E-state index in [1.165, 1.54) is 45.3 Å². The van der Waals surface area contributed by atoms with Gasteiger partial charge in [0.05, 0.1) is 4.90 Å². The lowest BCUT2D eigenvalue weighted by Crippen LogP contribution is -2.39. The maximum atomic E-state index is 12.2. The van der Waals surface area contributed by atoms with E-state index in [0.717, 1.165) is 4.31 Å². The fourth-order valence-electron chi connectivity index (χ4n) is 1.97. The van der Waals surface area contributed by atoms with Gasteiger partial charge in [-0.2, -0.15) is 4.72 Å². The third-order valence-corrected chi connectivity index (χ3v) is 6.71. The Morgan fingerprint density at radius 3 is 2.33 bits per heavy atom. The highest BCUT2D eigenvalue weighted by molar-refractivity contribution is 7.89. The third kappa shape index (κ3) is 5.16. The van der Waals surface area contributed by atoms with Gasteiger partial charge >= 0.3 is 5.97 Å². The number of esters is 1. The molecule has 0 unspecified atom stereocenters. The molecule has 0 aliphatic heterocycles. The molecule has 1 aromatic carbocycles. The van der Waals surface area contributed by atoms with Crippen molar-refractivity contribution in [2.24, 2.45) is 0 Å². The van der Waals surface area contributed by atoms with E-state index >= 15 is 0 Å². The van der Waals surface area contributed by atoms with Crippen LogP contribution in [0.1, 0.15) is 12.7 Å². The van der Waals surface area contributed by atoms with Gasteiger partial charge in [-0.05, 0) is 31.2 Å². The van der Waals surface area contributed by atoms with E-state index in [1.807, 2.05) is 0 Å². The Labute approximate surface area is 158 Å². The van der Waals surface area contributed by atoms with Crippen molar-refractivity contribution in [3.8, 4) is 0 Å². The van der Waals surface area contributed by atoms with Crippen LogP contribution in [0.25, 0.3) is 0 Å². The molecule has 2 aromatic rings. The average molecular weight is 416 g/mol. The van der Waals surface area contributed by atoms with Crippen molar-refractivity contribution in [3.63, 3.8) is 0 Å². The van der Waals surface area contributed by atoms with E-state index in [-0.39, 0.29) is 22.4 Å². The van der Waals surface area contributed by atoms with Crippen LogP contribution in [0.3, 0.4) is 0 Å². The van der Waals surface area contributed by atoms with Crippen molar-refractivity contribution in [1.82, 2.24) is 9.03 Å². The van der Waals surface area contributed by atoms with E-state index in [0.29, 0.717) is 0 Å². The SMILES string of the molecule is C[C@H](NS(=O)(=O)c1ccccc1)C(=O)OCc1ccc(S(=O)(=O)N(C)C)o1. The molecule has 0 spiro atoms. The lowest BCUT2D eigenvalue weighted by Gasteiger charge is -2.13. The molecular formula is C16H20N2O7S2. The second-order valence-electron chi connectivity index (χ2n) is 5.77. The van der Waals surface area contributed by atoms with Gasteiger partial charge in [0.2, 0.25) is 15.1 Å². The largest absolute Gasteiger partial charge is 0.456 e. The normalized spacial score (nSPS) is 13.5. The van der Waals surface area contributed by atoms with Gasteiger partial charge in [-0.15, -0.1) is 0 Å². The first kappa shape index (κ1) is 21.1. The number of furan rings is 1. The number of hydrogen-bond donors (Lipinski definition) is 1. The van der Waals surface area contributed by atoms with Crippen molar-refractivity contribution in [2.45, 2.75) is 29.6 Å². The standard InChI is InChI=1S/C16H20N2O7S2/c1-12(17-26(20,21)14-7-5-4-6-8-14)16(19)24-11-13-9-10-15(25-13)27(22,23)18(2)3/h4-10,12,17H,11H2,1-3H3/t12-/m0/s1. The monoisotopic (exact) mass is 416 g/mol. The Hall–Kier alpha value is -2.21. The Kier molecular flexibility index (Phi) is 6.42. The molecule has 0 aliphatic rings. The highest BCUT2D eigenvalue weighted by Crippen LogP contribution is 2.17. The first-order chi connectivity index (χ1) is 12.5. The maximum Gasteiger partial charge on any atom is 0.324 e. The molecule has 148 valence electrons. The Balaban J connectivity index is 1.97. The Morgan fingerprint density at radius 2 is 1.74 bits per heavy atom. The summed E-state index contributed by atoms with van der Waals surface area (Å²) in [6.07, 6.45) is 0. The molecule has 1 N–H and O–H groups in total. The minimum Gasteiger partial charge on any atom is -0.456 e. The summed E-state index contributed by atoms with van der Waals surface area (Å²) in [5.74, 6) is -0.718. The van der Waals surface area contributed by atoms with E-state index in [9.17, 15) is 21.6 Å². The van der Waals surface area contributed by atoms with Gasteiger partial charge in [-0.3, -0.25) is 4.79 Å². The molecule has 0 bridgehead atoms. The van der Waals surface area contributed by atoms with Crippen LogP contribution in [0.2, 0.25) is 0 Å². The Bertz CT molecular complexity index is 996. The second kappa shape index (κ2) is 8.21. The van der Waals surface area contributed by atoms with Gasteiger partial charge in [-0.25, -0.2) is 21.1 Å². The first-order valence-electron chi connectivity index (χ1n) is 7.79. The second-order valence-corrected chi connectivity index (χ2v) is 9.57. The van der Waals surface area contributed by atoms with Gasteiger partial charge in [0.25, 0.3) is 10.0 Å². The van der Waals surface area contributed by atoms with Crippen LogP contribution in [0.15, 0.2) is 56.9 Å². The summed E-state index contributed by atoms with van der Waals surface area (Å²) in [7, 11) is -4.88. The summed E-state index contributed by atoms with van der Waals surface area (Å²) in [5, 5.41) is -0.281. The smallest absolute Gasteiger partial charge is 0.324 e. The maximum absolute atomic E-state index is 12.2. The number of nitrogens with one attached hydrogen (secondary N) is 1. The van der Waals surface area contributed by atoms with Crippen LogP contribution in [0.5, 0.6) is 0 Å². The fraction of sp³-hybridized carbons (Fsp3) is 0.312. The molecule has 9 nitrogen and oxygen atoms in total. The topological polar surface area (TPSA) is 123 Å². The highest BCUT2D eigenvalue weighted by Gasteiger charge is 2.24. The van der Waals surface area contributed by atoms with Crippen LogP contribution in [-0.4, -0.2) is 47.2 Å². The lowest BCUT2D eigenvalue weighted by atomic mass is 10.4. The predicted octanol–water partition coefficient (Wildman–Crippen LogP) is 0.940. The minimum atomic E-state index is -3.87. The number of ether oxygens (including phenoxy) is 1. The number of hydrogen-bond acceptors (Lipinski definition) is 7. The van der Waals surface area contributed by atoms with E-state index in [1.54, 1.807) is 18.2 Å². The molecule has 0 amide bonds. The molecule has 1 aromatic heterocycles. The van der Waals surface area contributed by atoms with Gasteiger partial charge in [0.15, 0.2) is 0 Å². The number of benzene rings is 1. The fourth-order valence-corrected chi connectivity index (χ4v) is 4.00. The number of carbonyl (C=O) groups is 1. The van der Waals surface area contributed by atoms with Crippen LogP contribution in [0.4, 0.5) is 0 Å². The number of sulfonamides is 2. The summed E-state index contributed by atoms with van der Waals surface area (Å²) in [6, 6.07) is 9.07. The van der Waals surface area contributed by atoms with Crippen LogP contribution in [0, 0.1) is 0 Å². The van der Waals surface area contributed by atoms with Crippen LogP contribution in [-0.2, 0) is 36.2 Å². The first-order valence-corrected chi connectivity index (χ1v) is 10.7. The molecule has 1 heterocycles. The summed E-state index contributed by atoms with van der Waals surface area (Å²) in [6.45, 7) is 1.01. The Morgan fingerprint density at radius 1 is 1.11 bits per heavy atom. The zero-order valence-electron chi connectivity index (χ0n) is 14.9. The summed E-state index contributed by atoms with van der Waals surface area (Å²) in [5.41, 5.74) is 0. The van der Waals surface area contributed by atoms with Crippen molar-refractivity contribution < 1.29 is 30.8 Å². The average Bonchev–Trinajstić information content (AvgIpc) is 3.09. The van der Waals surface area contributed by atoms with Crippen LogP contribution < -0.4 is 4.72 Å². The minimum absolute atomic E-state index is 0.0224. The highest BCUT2D eigenvalue weighted by atomic mass is 32.2. The number of nitrogens with zero attached hydrogens (tertiary/aromatic N) is 1. The zero-order chi connectivity index (χ0) is 20.2. The number of carbonyl (C=O) groups excluding carboxylic acids is 1. The quantitative estimate of drug-likeness (QED) is 0.635. The van der Waals surface area contributed by atoms with Gasteiger partial charge in [-0.1, -0.05) is 18.2 Å². The summed E-state index contributed by atoms with van der Waals surface area (Å²) < 4.78 is 61.6. The molecule has 0 saturated carbocycles. The molecule has 0 fully saturated rings. The van der Waals surface area contributed by atoms with Crippen molar-refractivity contribution in [3.05, 3.63) is 48.2 Å². The molecular weight excluding hydrogens is 396 g/mol. The summed E-state index contributed by atoms with van der Waals surface area (Å²) >= 11 is 0. The van der Waals surface area contributed by atoms with E-state index in [2.05, 4.69) is 4.72 Å². The van der Waals surface area contributed by atoms with Gasteiger partial charge < -0.3 is 9.15 Å². The molecule has 1 atom stereocenters. The van der Waals surface area contributed by atoms with Crippen molar-refractivity contribution in [1.29, 1.82) is 0 Å². The molecule has 27 heavy (non-hydrogen) atoms. The van der Waals surface area contributed by atoms with Crippen LogP contribution >= 0.6 is 0 Å². The summed E-state index contributed by atoms with van der Waals surface area (Å²) in [4.78, 5) is 12.0. The molecule has 11 heteroatoms. The number of rotatable bonds is 8. The van der Waals surface area contributed by atoms with Gasteiger partial charge in [0, 0.05) is 14.1 Å². The lowest BCUT2D eigenvalue weighted by molar-refractivity contribution is -0.147. The van der Waals surface area contributed by atoms with E-state index in [4.69, 9.17) is 9.15 Å². The third-order valence-electron chi connectivity index (χ3n) is 3.47. The van der Waals surface area contributed by atoms with Crippen molar-refractivity contribution >= 4 is 26.0 Å². The molecule has 0 aliphatic carbocycles. The predicted molar refractivity (Wildman–Crippen MR) is 95.6 cm³/mol. The molecule has 2 rings (SSSR count). The molecule has 0 radical (unpaired) electrons. The molecule has 0 saturated heterocycles.